The molecule has 1 amide bonds. The number of aromatic nitrogens is 3. The van der Waals surface area contributed by atoms with Crippen molar-refractivity contribution in [1.29, 1.82) is 0 Å². The molecule has 1 aromatic carbocycles. The molecule has 0 bridgehead atoms. The Balaban J connectivity index is 1.36. The Hall–Kier alpha value is -2.73. The molecule has 0 aliphatic carbocycles. The van der Waals surface area contributed by atoms with Gasteiger partial charge < -0.3 is 5.32 Å². The highest BCUT2D eigenvalue weighted by atomic mass is 32.1. The summed E-state index contributed by atoms with van der Waals surface area (Å²) in [5.74, 6) is -0.00560. The van der Waals surface area contributed by atoms with Gasteiger partial charge in [0.2, 0.25) is 5.91 Å². The third-order valence-corrected chi connectivity index (χ3v) is 4.69. The van der Waals surface area contributed by atoms with Gasteiger partial charge in [0.1, 0.15) is 0 Å². The van der Waals surface area contributed by atoms with Crippen molar-refractivity contribution >= 4 is 33.1 Å². The van der Waals surface area contributed by atoms with Crippen molar-refractivity contribution in [3.8, 4) is 0 Å². The number of pyridine rings is 1. The van der Waals surface area contributed by atoms with E-state index in [1.807, 2.05) is 34.3 Å². The monoisotopic (exact) mass is 336 g/mol. The molecule has 3 heterocycles. The molecule has 3 aromatic heterocycles. The Morgan fingerprint density at radius 1 is 1.25 bits per heavy atom. The molecule has 0 spiro atoms. The van der Waals surface area contributed by atoms with Crippen LogP contribution < -0.4 is 5.32 Å². The molecule has 0 saturated carbocycles. The number of nitrogens with zero attached hydrogens (tertiary/aromatic N) is 3. The molecule has 6 heteroatoms. The number of nitrogens with one attached hydrogen (secondary N) is 1. The zero-order chi connectivity index (χ0) is 16.4. The van der Waals surface area contributed by atoms with E-state index in [4.69, 9.17) is 0 Å². The summed E-state index contributed by atoms with van der Waals surface area (Å²) >= 11 is 1.56. The first-order valence-corrected chi connectivity index (χ1v) is 8.68. The Bertz CT molecular complexity index is 971. The molecule has 0 aliphatic heterocycles. The van der Waals surface area contributed by atoms with Crippen LogP contribution >= 0.6 is 11.3 Å². The fourth-order valence-electron chi connectivity index (χ4n) is 2.79. The number of amides is 1. The van der Waals surface area contributed by atoms with Crippen LogP contribution in [0.25, 0.3) is 15.9 Å². The second-order valence-corrected chi connectivity index (χ2v) is 6.47. The molecule has 0 unspecified atom stereocenters. The van der Waals surface area contributed by atoms with Crippen LogP contribution in [0.5, 0.6) is 0 Å². The lowest BCUT2D eigenvalue weighted by Gasteiger charge is -2.07. The van der Waals surface area contributed by atoms with Crippen molar-refractivity contribution in [3.05, 3.63) is 65.6 Å². The smallest absolute Gasteiger partial charge is 0.226 e. The highest BCUT2D eigenvalue weighted by Gasteiger charge is 2.08. The van der Waals surface area contributed by atoms with Gasteiger partial charge in [-0.2, -0.15) is 0 Å². The summed E-state index contributed by atoms with van der Waals surface area (Å²) < 4.78 is 1.94. The van der Waals surface area contributed by atoms with Crippen LogP contribution in [-0.4, -0.2) is 26.8 Å². The molecule has 0 atom stereocenters. The molecule has 4 rings (SSSR count). The number of benzene rings is 1. The molecular weight excluding hydrogens is 320 g/mol. The summed E-state index contributed by atoms with van der Waals surface area (Å²) in [7, 11) is 0. The number of thiazole rings is 1. The number of imidazole rings is 1. The Labute approximate surface area is 143 Å². The SMILES string of the molecule is O=C(Cc1cn2ccsc2n1)NCCc1cccc2cccnc12. The zero-order valence-corrected chi connectivity index (χ0v) is 13.8. The number of hydrogen-bond acceptors (Lipinski definition) is 4. The van der Waals surface area contributed by atoms with Crippen molar-refractivity contribution in [2.75, 3.05) is 6.54 Å². The molecule has 0 saturated heterocycles. The zero-order valence-electron chi connectivity index (χ0n) is 13.0. The standard InChI is InChI=1S/C18H16N4OS/c23-16(11-15-12-22-9-10-24-18(22)21-15)19-8-6-14-4-1-3-13-5-2-7-20-17(13)14/h1-5,7,9-10,12H,6,8,11H2,(H,19,23). The van der Waals surface area contributed by atoms with E-state index in [1.165, 1.54) is 0 Å². The van der Waals surface area contributed by atoms with Crippen molar-refractivity contribution in [3.63, 3.8) is 0 Å². The minimum atomic E-state index is -0.00560. The quantitative estimate of drug-likeness (QED) is 0.610. The van der Waals surface area contributed by atoms with Crippen molar-refractivity contribution in [2.45, 2.75) is 12.8 Å². The van der Waals surface area contributed by atoms with Crippen LogP contribution in [0.3, 0.4) is 0 Å². The molecule has 0 radical (unpaired) electrons. The topological polar surface area (TPSA) is 59.3 Å². The predicted octanol–water partition coefficient (Wildman–Crippen LogP) is 2.85. The van der Waals surface area contributed by atoms with Gasteiger partial charge in [-0.05, 0) is 18.1 Å². The number of carbonyl (C=O) groups is 1. The van der Waals surface area contributed by atoms with Crippen LogP contribution in [0.2, 0.25) is 0 Å². The molecule has 5 nitrogen and oxygen atoms in total. The number of para-hydroxylation sites is 1. The maximum atomic E-state index is 12.1. The van der Waals surface area contributed by atoms with Crippen LogP contribution in [0.15, 0.2) is 54.3 Å². The Morgan fingerprint density at radius 3 is 3.08 bits per heavy atom. The number of rotatable bonds is 5. The minimum Gasteiger partial charge on any atom is -0.355 e. The molecule has 0 aliphatic rings. The van der Waals surface area contributed by atoms with Crippen molar-refractivity contribution in [2.24, 2.45) is 0 Å². The van der Waals surface area contributed by atoms with Gasteiger partial charge in [0.05, 0.1) is 17.6 Å². The summed E-state index contributed by atoms with van der Waals surface area (Å²) in [5, 5.41) is 6.07. The lowest BCUT2D eigenvalue weighted by atomic mass is 10.1. The van der Waals surface area contributed by atoms with Gasteiger partial charge in [0.25, 0.3) is 0 Å². The molecule has 1 N–H and O–H groups in total. The van der Waals surface area contributed by atoms with Gasteiger partial charge in [0, 0.05) is 35.9 Å². The Morgan fingerprint density at radius 2 is 2.17 bits per heavy atom. The maximum absolute atomic E-state index is 12.1. The van der Waals surface area contributed by atoms with E-state index in [9.17, 15) is 4.79 Å². The van der Waals surface area contributed by atoms with Crippen molar-refractivity contribution in [1.82, 2.24) is 19.7 Å². The summed E-state index contributed by atoms with van der Waals surface area (Å²) in [4.78, 5) is 21.9. The van der Waals surface area contributed by atoms with Crippen LogP contribution in [-0.2, 0) is 17.6 Å². The average Bonchev–Trinajstić information content (AvgIpc) is 3.16. The summed E-state index contributed by atoms with van der Waals surface area (Å²) in [5.41, 5.74) is 2.95. The van der Waals surface area contributed by atoms with E-state index in [0.717, 1.165) is 33.5 Å². The summed E-state index contributed by atoms with van der Waals surface area (Å²) in [6, 6.07) is 10.1. The lowest BCUT2D eigenvalue weighted by Crippen LogP contribution is -2.27. The first-order chi connectivity index (χ1) is 11.8. The first-order valence-electron chi connectivity index (χ1n) is 7.80. The maximum Gasteiger partial charge on any atom is 0.226 e. The second kappa shape index (κ2) is 6.41. The van der Waals surface area contributed by atoms with E-state index >= 15 is 0 Å². The van der Waals surface area contributed by atoms with E-state index in [0.29, 0.717) is 13.0 Å². The number of fused-ring (bicyclic) bond motifs is 2. The average molecular weight is 336 g/mol. The van der Waals surface area contributed by atoms with E-state index in [-0.39, 0.29) is 5.91 Å². The lowest BCUT2D eigenvalue weighted by molar-refractivity contribution is -0.120. The molecule has 24 heavy (non-hydrogen) atoms. The highest BCUT2D eigenvalue weighted by molar-refractivity contribution is 7.15. The van der Waals surface area contributed by atoms with Crippen LogP contribution in [0.4, 0.5) is 0 Å². The molecule has 120 valence electrons. The van der Waals surface area contributed by atoms with Gasteiger partial charge in [-0.15, -0.1) is 11.3 Å². The van der Waals surface area contributed by atoms with E-state index < -0.39 is 0 Å². The predicted molar refractivity (Wildman–Crippen MR) is 95.2 cm³/mol. The van der Waals surface area contributed by atoms with Crippen LogP contribution in [0.1, 0.15) is 11.3 Å². The highest BCUT2D eigenvalue weighted by Crippen LogP contribution is 2.16. The molecular formula is C18H16N4OS. The third kappa shape index (κ3) is 3.00. The molecule has 0 fully saturated rings. The minimum absolute atomic E-state index is 0.00560. The van der Waals surface area contributed by atoms with Crippen molar-refractivity contribution < 1.29 is 4.79 Å². The fourth-order valence-corrected chi connectivity index (χ4v) is 3.51. The molecule has 4 aromatic rings. The largest absolute Gasteiger partial charge is 0.355 e. The van der Waals surface area contributed by atoms with Gasteiger partial charge in [0.15, 0.2) is 4.96 Å². The Kier molecular flexibility index (Phi) is 3.96. The third-order valence-electron chi connectivity index (χ3n) is 3.92. The number of carbonyl (C=O) groups excluding carboxylic acids is 1. The summed E-state index contributed by atoms with van der Waals surface area (Å²) in [6.07, 6.45) is 6.72. The van der Waals surface area contributed by atoms with Gasteiger partial charge in [-0.1, -0.05) is 24.3 Å². The van der Waals surface area contributed by atoms with E-state index in [2.05, 4.69) is 33.5 Å². The van der Waals surface area contributed by atoms with Gasteiger partial charge >= 0.3 is 0 Å². The number of hydrogen-bond donors (Lipinski definition) is 1. The van der Waals surface area contributed by atoms with Gasteiger partial charge in [-0.25, -0.2) is 4.98 Å². The van der Waals surface area contributed by atoms with E-state index in [1.54, 1.807) is 17.5 Å². The van der Waals surface area contributed by atoms with Gasteiger partial charge in [-0.3, -0.25) is 14.2 Å². The van der Waals surface area contributed by atoms with Crippen LogP contribution in [0, 0.1) is 0 Å². The second-order valence-electron chi connectivity index (χ2n) is 5.59. The first kappa shape index (κ1) is 14.8. The normalized spacial score (nSPS) is 11.2. The summed E-state index contributed by atoms with van der Waals surface area (Å²) in [6.45, 7) is 0.594. The fraction of sp³-hybridized carbons (Fsp3) is 0.167.